The Labute approximate surface area is 104 Å². The van der Waals surface area contributed by atoms with Gasteiger partial charge in [-0.3, -0.25) is 4.79 Å². The van der Waals surface area contributed by atoms with Gasteiger partial charge in [-0.25, -0.2) is 4.98 Å². The number of nitrogen functional groups attached to an aromatic ring is 1. The number of hydrogen-bond donors (Lipinski definition) is 2. The molecule has 0 fully saturated rings. The van der Waals surface area contributed by atoms with E-state index < -0.39 is 0 Å². The Morgan fingerprint density at radius 1 is 1.50 bits per heavy atom. The zero-order valence-electron chi connectivity index (χ0n) is 10.1. The van der Waals surface area contributed by atoms with Crippen LogP contribution in [0.5, 0.6) is 5.75 Å². The molecule has 3 N–H and O–H groups in total. The molecule has 6 heteroatoms. The van der Waals surface area contributed by atoms with Gasteiger partial charge in [-0.1, -0.05) is 0 Å². The Hall–Kier alpha value is -2.50. The summed E-state index contributed by atoms with van der Waals surface area (Å²) in [5.41, 5.74) is 7.30. The molecule has 1 aromatic heterocycles. The van der Waals surface area contributed by atoms with E-state index in [9.17, 15) is 4.79 Å². The Bertz CT molecular complexity index is 578. The van der Waals surface area contributed by atoms with Gasteiger partial charge in [0.15, 0.2) is 6.39 Å². The first kappa shape index (κ1) is 12.0. The molecule has 1 amide bonds. The molecule has 1 heterocycles. The van der Waals surface area contributed by atoms with Crippen molar-refractivity contribution in [1.29, 1.82) is 0 Å². The summed E-state index contributed by atoms with van der Waals surface area (Å²) in [6, 6.07) is 4.97. The Morgan fingerprint density at radius 3 is 2.89 bits per heavy atom. The summed E-state index contributed by atoms with van der Waals surface area (Å²) < 4.78 is 10.1. The molecule has 18 heavy (non-hydrogen) atoms. The quantitative estimate of drug-likeness (QED) is 0.807. The molecular weight excluding hydrogens is 234 g/mol. The maximum absolute atomic E-state index is 11.9. The minimum atomic E-state index is -0.364. The van der Waals surface area contributed by atoms with E-state index in [1.54, 1.807) is 25.1 Å². The second-order valence-corrected chi connectivity index (χ2v) is 3.68. The van der Waals surface area contributed by atoms with Crippen molar-refractivity contribution in [2.45, 2.75) is 6.92 Å². The van der Waals surface area contributed by atoms with Crippen molar-refractivity contribution in [2.24, 2.45) is 0 Å². The van der Waals surface area contributed by atoms with Gasteiger partial charge < -0.3 is 20.2 Å². The summed E-state index contributed by atoms with van der Waals surface area (Å²) >= 11 is 0. The Balaban J connectivity index is 2.20. The van der Waals surface area contributed by atoms with Crippen molar-refractivity contribution in [1.82, 2.24) is 4.98 Å². The summed E-state index contributed by atoms with van der Waals surface area (Å²) in [6.45, 7) is 1.70. The third-order valence-corrected chi connectivity index (χ3v) is 2.44. The molecule has 0 aliphatic rings. The van der Waals surface area contributed by atoms with Gasteiger partial charge >= 0.3 is 0 Å². The first-order valence-corrected chi connectivity index (χ1v) is 5.26. The van der Waals surface area contributed by atoms with Crippen molar-refractivity contribution in [3.05, 3.63) is 36.0 Å². The fourth-order valence-electron chi connectivity index (χ4n) is 1.50. The van der Waals surface area contributed by atoms with Crippen molar-refractivity contribution < 1.29 is 13.9 Å². The maximum atomic E-state index is 11.9. The van der Waals surface area contributed by atoms with E-state index in [2.05, 4.69) is 10.3 Å². The molecule has 0 aliphatic heterocycles. The predicted molar refractivity (Wildman–Crippen MR) is 66.6 cm³/mol. The maximum Gasteiger partial charge on any atom is 0.293 e. The highest BCUT2D eigenvalue weighted by Gasteiger charge is 2.14. The lowest BCUT2D eigenvalue weighted by molar-refractivity contribution is 0.0996. The van der Waals surface area contributed by atoms with Crippen LogP contribution in [0, 0.1) is 6.92 Å². The van der Waals surface area contributed by atoms with E-state index >= 15 is 0 Å². The average molecular weight is 247 g/mol. The number of carbonyl (C=O) groups excluding carboxylic acids is 1. The molecular formula is C12H13N3O3. The number of anilines is 2. The highest BCUT2D eigenvalue weighted by molar-refractivity contribution is 6.03. The van der Waals surface area contributed by atoms with Crippen LogP contribution in [0.2, 0.25) is 0 Å². The third kappa shape index (κ3) is 2.27. The van der Waals surface area contributed by atoms with E-state index in [1.807, 2.05) is 0 Å². The number of benzene rings is 1. The minimum absolute atomic E-state index is 0.186. The monoisotopic (exact) mass is 247 g/mol. The van der Waals surface area contributed by atoms with Crippen LogP contribution in [0.4, 0.5) is 11.4 Å². The molecule has 0 spiro atoms. The van der Waals surface area contributed by atoms with Crippen LogP contribution in [0.1, 0.15) is 16.2 Å². The van der Waals surface area contributed by atoms with Crippen LogP contribution in [0.25, 0.3) is 0 Å². The molecule has 0 saturated carbocycles. The molecule has 6 nitrogen and oxygen atoms in total. The summed E-state index contributed by atoms with van der Waals surface area (Å²) in [4.78, 5) is 15.7. The number of nitrogens with two attached hydrogens (primary N) is 1. The lowest BCUT2D eigenvalue weighted by Gasteiger charge is -2.08. The number of oxazole rings is 1. The number of amides is 1. The predicted octanol–water partition coefficient (Wildman–Crippen LogP) is 1.83. The summed E-state index contributed by atoms with van der Waals surface area (Å²) in [7, 11) is 1.51. The Morgan fingerprint density at radius 2 is 2.28 bits per heavy atom. The molecule has 0 radical (unpaired) electrons. The Kier molecular flexibility index (Phi) is 3.18. The fraction of sp³-hybridized carbons (Fsp3) is 0.167. The second-order valence-electron chi connectivity index (χ2n) is 3.68. The summed E-state index contributed by atoms with van der Waals surface area (Å²) in [5.74, 6) is 0.324. The van der Waals surface area contributed by atoms with Gasteiger partial charge in [-0.05, 0) is 19.1 Å². The normalized spacial score (nSPS) is 10.1. The number of rotatable bonds is 3. The number of aromatic nitrogens is 1. The standard InChI is InChI=1S/C12H13N3O3/c1-7-11(18-6-14-7)12(16)15-8-3-4-9(13)10(5-8)17-2/h3-6H,13H2,1-2H3,(H,15,16). The van der Waals surface area contributed by atoms with Crippen molar-refractivity contribution >= 4 is 17.3 Å². The van der Waals surface area contributed by atoms with Crippen LogP contribution in [-0.2, 0) is 0 Å². The first-order chi connectivity index (χ1) is 8.61. The van der Waals surface area contributed by atoms with Crippen LogP contribution in [0.15, 0.2) is 29.0 Å². The van der Waals surface area contributed by atoms with Crippen molar-refractivity contribution in [2.75, 3.05) is 18.2 Å². The van der Waals surface area contributed by atoms with Crippen LogP contribution < -0.4 is 15.8 Å². The zero-order valence-corrected chi connectivity index (χ0v) is 10.1. The average Bonchev–Trinajstić information content (AvgIpc) is 2.78. The van der Waals surface area contributed by atoms with E-state index in [0.717, 1.165) is 0 Å². The molecule has 2 rings (SSSR count). The number of methoxy groups -OCH3 is 1. The highest BCUT2D eigenvalue weighted by Crippen LogP contribution is 2.25. The summed E-state index contributed by atoms with van der Waals surface area (Å²) in [6.07, 6.45) is 1.23. The summed E-state index contributed by atoms with van der Waals surface area (Å²) in [5, 5.41) is 2.68. The number of ether oxygens (including phenoxy) is 1. The molecule has 0 unspecified atom stereocenters. The van der Waals surface area contributed by atoms with E-state index in [-0.39, 0.29) is 11.7 Å². The molecule has 2 aromatic rings. The highest BCUT2D eigenvalue weighted by atomic mass is 16.5. The van der Waals surface area contributed by atoms with Crippen molar-refractivity contribution in [3.8, 4) is 5.75 Å². The van der Waals surface area contributed by atoms with Crippen molar-refractivity contribution in [3.63, 3.8) is 0 Å². The van der Waals surface area contributed by atoms with Gasteiger partial charge in [0.25, 0.3) is 5.91 Å². The van der Waals surface area contributed by atoms with E-state index in [1.165, 1.54) is 13.5 Å². The van der Waals surface area contributed by atoms with Crippen LogP contribution in [0.3, 0.4) is 0 Å². The molecule has 0 aliphatic carbocycles. The smallest absolute Gasteiger partial charge is 0.293 e. The van der Waals surface area contributed by atoms with Gasteiger partial charge in [-0.2, -0.15) is 0 Å². The van der Waals surface area contributed by atoms with Gasteiger partial charge in [0.2, 0.25) is 5.76 Å². The number of hydrogen-bond acceptors (Lipinski definition) is 5. The topological polar surface area (TPSA) is 90.4 Å². The molecule has 1 aromatic carbocycles. The van der Waals surface area contributed by atoms with E-state index in [4.69, 9.17) is 14.9 Å². The van der Waals surface area contributed by atoms with Gasteiger partial charge in [0.05, 0.1) is 18.5 Å². The molecule has 0 saturated heterocycles. The number of carbonyl (C=O) groups is 1. The molecule has 0 bridgehead atoms. The molecule has 94 valence electrons. The SMILES string of the molecule is COc1cc(NC(=O)c2ocnc2C)ccc1N. The van der Waals surface area contributed by atoms with Gasteiger partial charge in [-0.15, -0.1) is 0 Å². The number of nitrogens with one attached hydrogen (secondary N) is 1. The number of aryl methyl sites for hydroxylation is 1. The van der Waals surface area contributed by atoms with Gasteiger partial charge in [0.1, 0.15) is 5.75 Å². The van der Waals surface area contributed by atoms with E-state index in [0.29, 0.717) is 22.8 Å². The first-order valence-electron chi connectivity index (χ1n) is 5.26. The van der Waals surface area contributed by atoms with Crippen LogP contribution >= 0.6 is 0 Å². The number of nitrogens with zero attached hydrogens (tertiary/aromatic N) is 1. The lowest BCUT2D eigenvalue weighted by Crippen LogP contribution is -2.12. The third-order valence-electron chi connectivity index (χ3n) is 2.44. The zero-order chi connectivity index (χ0) is 13.1. The fourth-order valence-corrected chi connectivity index (χ4v) is 1.50. The minimum Gasteiger partial charge on any atom is -0.495 e. The van der Waals surface area contributed by atoms with Gasteiger partial charge in [0, 0.05) is 11.8 Å². The second kappa shape index (κ2) is 4.79. The molecule has 0 atom stereocenters. The lowest BCUT2D eigenvalue weighted by atomic mass is 10.2. The van der Waals surface area contributed by atoms with Crippen LogP contribution in [-0.4, -0.2) is 18.0 Å². The largest absolute Gasteiger partial charge is 0.495 e.